The number of hydrogen-bond donors (Lipinski definition) is 1. The minimum absolute atomic E-state index is 0.267. The van der Waals surface area contributed by atoms with Gasteiger partial charge < -0.3 is 9.64 Å². The lowest BCUT2D eigenvalue weighted by atomic mass is 9.99. The summed E-state index contributed by atoms with van der Waals surface area (Å²) in [7, 11) is 0. The van der Waals surface area contributed by atoms with Crippen LogP contribution in [0.25, 0.3) is 0 Å². The van der Waals surface area contributed by atoms with Gasteiger partial charge in [-0.1, -0.05) is 23.9 Å². The van der Waals surface area contributed by atoms with Gasteiger partial charge in [-0.05, 0) is 73.9 Å². The molecule has 31 heavy (non-hydrogen) atoms. The van der Waals surface area contributed by atoms with Crippen LogP contribution in [0, 0.1) is 12.8 Å². The zero-order valence-electron chi connectivity index (χ0n) is 17.7. The first-order valence-electron chi connectivity index (χ1n) is 10.6. The van der Waals surface area contributed by atoms with Gasteiger partial charge in [0.2, 0.25) is 5.16 Å². The van der Waals surface area contributed by atoms with Gasteiger partial charge in [-0.2, -0.15) is 0 Å². The average Bonchev–Trinajstić information content (AvgIpc) is 3.31. The lowest BCUT2D eigenvalue weighted by Crippen LogP contribution is -2.40. The van der Waals surface area contributed by atoms with Crippen molar-refractivity contribution in [2.45, 2.75) is 37.8 Å². The van der Waals surface area contributed by atoms with E-state index < -0.39 is 0 Å². The summed E-state index contributed by atoms with van der Waals surface area (Å²) in [5.41, 5.74) is 3.52. The van der Waals surface area contributed by atoms with E-state index in [1.807, 2.05) is 36.5 Å². The van der Waals surface area contributed by atoms with Crippen molar-refractivity contribution in [3.63, 3.8) is 0 Å². The summed E-state index contributed by atoms with van der Waals surface area (Å²) < 4.78 is 5.59. The van der Waals surface area contributed by atoms with Crippen molar-refractivity contribution in [3.8, 4) is 5.75 Å². The Kier molecular flexibility index (Phi) is 7.19. The van der Waals surface area contributed by atoms with E-state index in [0.717, 1.165) is 55.4 Å². The van der Waals surface area contributed by atoms with E-state index in [1.54, 1.807) is 23.0 Å². The van der Waals surface area contributed by atoms with Gasteiger partial charge in [0.05, 0.1) is 0 Å². The molecule has 0 radical (unpaired) electrons. The monoisotopic (exact) mass is 437 g/mol. The third-order valence-corrected chi connectivity index (χ3v) is 6.58. The van der Waals surface area contributed by atoms with Crippen molar-refractivity contribution in [2.24, 2.45) is 5.92 Å². The summed E-state index contributed by atoms with van der Waals surface area (Å²) in [6.45, 7) is 3.52. The molecule has 3 heterocycles. The van der Waals surface area contributed by atoms with Gasteiger partial charge in [-0.3, -0.25) is 10.1 Å². The van der Waals surface area contributed by atoms with Crippen molar-refractivity contribution >= 4 is 17.9 Å². The van der Waals surface area contributed by atoms with E-state index >= 15 is 0 Å². The van der Waals surface area contributed by atoms with Crippen molar-refractivity contribution < 1.29 is 9.53 Å². The Morgan fingerprint density at radius 1 is 1.16 bits per heavy atom. The van der Waals surface area contributed by atoms with Gasteiger partial charge in [-0.25, -0.2) is 9.78 Å². The highest BCUT2D eigenvalue weighted by molar-refractivity contribution is 7.99. The second-order valence-corrected chi connectivity index (χ2v) is 8.85. The van der Waals surface area contributed by atoms with Crippen LogP contribution in [0.2, 0.25) is 0 Å². The molecule has 162 valence electrons. The first kappa shape index (κ1) is 21.4. The average molecular weight is 438 g/mol. The van der Waals surface area contributed by atoms with Gasteiger partial charge in [0.15, 0.2) is 0 Å². The van der Waals surface area contributed by atoms with Gasteiger partial charge in [0, 0.05) is 30.7 Å². The van der Waals surface area contributed by atoms with Crippen molar-refractivity contribution in [2.75, 3.05) is 18.8 Å². The molecular formula is C23H27N5O2S. The molecule has 8 heteroatoms. The van der Waals surface area contributed by atoms with Crippen LogP contribution in [0.1, 0.15) is 29.7 Å². The second kappa shape index (κ2) is 10.4. The largest absolute Gasteiger partial charge is 0.415 e. The number of nitrogens with zero attached hydrogens (tertiary/aromatic N) is 4. The van der Waals surface area contributed by atoms with E-state index in [0.29, 0.717) is 11.7 Å². The third kappa shape index (κ3) is 6.30. The highest BCUT2D eigenvalue weighted by Crippen LogP contribution is 2.25. The Labute approximate surface area is 186 Å². The molecule has 0 aliphatic carbocycles. The van der Waals surface area contributed by atoms with Crippen molar-refractivity contribution in [1.29, 1.82) is 0 Å². The van der Waals surface area contributed by atoms with Crippen LogP contribution in [-0.4, -0.2) is 50.0 Å². The van der Waals surface area contributed by atoms with Crippen LogP contribution in [0.4, 0.5) is 4.79 Å². The zero-order chi connectivity index (χ0) is 21.5. The number of likely N-dealkylation sites (tertiary alicyclic amines) is 1. The Balaban J connectivity index is 1.20. The topological polar surface area (TPSA) is 84.0 Å². The number of H-pyrrole nitrogens is 1. The molecule has 4 rings (SSSR count). The van der Waals surface area contributed by atoms with E-state index in [1.165, 1.54) is 11.1 Å². The summed E-state index contributed by atoms with van der Waals surface area (Å²) in [5.74, 6) is 2.12. The van der Waals surface area contributed by atoms with Crippen molar-refractivity contribution in [3.05, 3.63) is 65.7 Å². The number of piperidine rings is 1. The summed E-state index contributed by atoms with van der Waals surface area (Å²) in [5, 5.41) is 7.57. The lowest BCUT2D eigenvalue weighted by molar-refractivity contribution is 0.134. The van der Waals surface area contributed by atoms with Crippen LogP contribution in [0.15, 0.2) is 54.1 Å². The number of aryl methyl sites for hydroxylation is 3. The number of ether oxygens (including phenoxy) is 1. The number of thioether (sulfide) groups is 1. The van der Waals surface area contributed by atoms with Crippen LogP contribution in [-0.2, 0) is 12.8 Å². The summed E-state index contributed by atoms with van der Waals surface area (Å²) in [6.07, 6.45) is 6.92. The van der Waals surface area contributed by atoms with Gasteiger partial charge in [0.1, 0.15) is 12.1 Å². The fourth-order valence-corrected chi connectivity index (χ4v) is 4.60. The minimum Gasteiger partial charge on any atom is -0.410 e. The fraction of sp³-hybridized carbons (Fsp3) is 0.391. The number of nitrogens with one attached hydrogen (secondary N) is 1. The number of aromatic nitrogens is 4. The molecule has 2 aromatic heterocycles. The molecule has 1 aliphatic rings. The molecule has 0 bridgehead atoms. The summed E-state index contributed by atoms with van der Waals surface area (Å²) in [6, 6.07) is 11.9. The van der Waals surface area contributed by atoms with E-state index in [4.69, 9.17) is 4.74 Å². The molecule has 3 aromatic rings. The molecule has 7 nitrogen and oxygen atoms in total. The molecular weight excluding hydrogens is 410 g/mol. The molecule has 0 saturated carbocycles. The molecule has 0 spiro atoms. The van der Waals surface area contributed by atoms with E-state index in [-0.39, 0.29) is 6.09 Å². The predicted molar refractivity (Wildman–Crippen MR) is 120 cm³/mol. The number of aromatic amines is 1. The maximum atomic E-state index is 12.5. The SMILES string of the molecule is Cc1ccnc(CCc2ccc(OC(=O)N3CCC(CSc4nc[nH]n4)CC3)cc2)c1. The Hall–Kier alpha value is -2.87. The van der Waals surface area contributed by atoms with Crippen LogP contribution >= 0.6 is 11.8 Å². The van der Waals surface area contributed by atoms with Crippen molar-refractivity contribution in [1.82, 2.24) is 25.1 Å². The summed E-state index contributed by atoms with van der Waals surface area (Å²) in [4.78, 5) is 22.9. The first-order chi connectivity index (χ1) is 15.2. The smallest absolute Gasteiger partial charge is 0.410 e. The molecule has 1 aliphatic heterocycles. The third-order valence-electron chi connectivity index (χ3n) is 5.48. The molecule has 1 fully saturated rings. The van der Waals surface area contributed by atoms with Gasteiger partial charge in [-0.15, -0.1) is 5.10 Å². The standard InChI is InChI=1S/C23H27N5O2S/c1-17-8-11-24-20(14-17)5-2-18-3-6-21(7-4-18)30-23(29)28-12-9-19(10-13-28)15-31-22-25-16-26-27-22/h3-4,6-8,11,14,16,19H,2,5,9-10,12-13,15H2,1H3,(H,25,26,27). The number of carbonyl (C=O) groups excluding carboxylic acids is 1. The second-order valence-electron chi connectivity index (χ2n) is 7.86. The summed E-state index contributed by atoms with van der Waals surface area (Å²) >= 11 is 1.66. The lowest BCUT2D eigenvalue weighted by Gasteiger charge is -2.30. The zero-order valence-corrected chi connectivity index (χ0v) is 18.5. The quantitative estimate of drug-likeness (QED) is 0.555. The minimum atomic E-state index is -0.267. The maximum absolute atomic E-state index is 12.5. The van der Waals surface area contributed by atoms with Gasteiger partial charge in [0.25, 0.3) is 0 Å². The van der Waals surface area contributed by atoms with E-state index in [9.17, 15) is 4.79 Å². The number of pyridine rings is 1. The Morgan fingerprint density at radius 3 is 2.68 bits per heavy atom. The maximum Gasteiger partial charge on any atom is 0.415 e. The Morgan fingerprint density at radius 2 is 1.97 bits per heavy atom. The highest BCUT2D eigenvalue weighted by Gasteiger charge is 2.24. The number of benzene rings is 1. The van der Waals surface area contributed by atoms with E-state index in [2.05, 4.69) is 33.2 Å². The number of carbonyl (C=O) groups is 1. The number of amides is 1. The highest BCUT2D eigenvalue weighted by atomic mass is 32.2. The molecule has 0 atom stereocenters. The van der Waals surface area contributed by atoms with Gasteiger partial charge >= 0.3 is 6.09 Å². The molecule has 0 unspecified atom stereocenters. The molecule has 1 aromatic carbocycles. The molecule has 1 amide bonds. The Bertz CT molecular complexity index is 970. The fourth-order valence-electron chi connectivity index (χ4n) is 3.64. The molecule has 1 saturated heterocycles. The number of rotatable bonds is 7. The first-order valence-corrected chi connectivity index (χ1v) is 11.6. The van der Waals surface area contributed by atoms with Crippen LogP contribution < -0.4 is 4.74 Å². The van der Waals surface area contributed by atoms with Crippen LogP contribution in [0.5, 0.6) is 5.75 Å². The predicted octanol–water partition coefficient (Wildman–Crippen LogP) is 4.30. The van der Waals surface area contributed by atoms with Crippen LogP contribution in [0.3, 0.4) is 0 Å². The number of hydrogen-bond acceptors (Lipinski definition) is 6. The normalized spacial score (nSPS) is 14.5. The molecule has 1 N–H and O–H groups in total.